The molecule has 0 N–H and O–H groups in total. The summed E-state index contributed by atoms with van der Waals surface area (Å²) < 4.78 is 7.42. The first-order valence-corrected chi connectivity index (χ1v) is 12.6. The molecule has 0 fully saturated rings. The first-order chi connectivity index (χ1) is 19.5. The molecular formula is C33H22N2O5. The summed E-state index contributed by atoms with van der Waals surface area (Å²) in [6, 6.07) is 33.0. The maximum atomic E-state index is 13.6. The van der Waals surface area contributed by atoms with Gasteiger partial charge in [0.1, 0.15) is 0 Å². The lowest BCUT2D eigenvalue weighted by Gasteiger charge is -2.13. The van der Waals surface area contributed by atoms with Gasteiger partial charge in [-0.15, -0.1) is 0 Å². The number of furan rings is 1. The van der Waals surface area contributed by atoms with E-state index in [1.807, 2.05) is 77.4 Å². The lowest BCUT2D eigenvalue weighted by atomic mass is 10.0. The van der Waals surface area contributed by atoms with Crippen molar-refractivity contribution in [2.24, 2.45) is 5.16 Å². The fourth-order valence-electron chi connectivity index (χ4n) is 4.84. The van der Waals surface area contributed by atoms with Gasteiger partial charge in [-0.1, -0.05) is 65.8 Å². The Morgan fingerprint density at radius 1 is 0.725 bits per heavy atom. The zero-order valence-corrected chi connectivity index (χ0v) is 21.4. The van der Waals surface area contributed by atoms with Crippen LogP contribution in [-0.2, 0) is 9.63 Å². The van der Waals surface area contributed by atoms with E-state index in [0.29, 0.717) is 16.7 Å². The quantitative estimate of drug-likeness (QED) is 0.0992. The highest BCUT2D eigenvalue weighted by Crippen LogP contribution is 2.34. The van der Waals surface area contributed by atoms with Gasteiger partial charge in [0.25, 0.3) is 0 Å². The molecule has 0 saturated carbocycles. The first-order valence-electron chi connectivity index (χ1n) is 12.6. The van der Waals surface area contributed by atoms with Gasteiger partial charge < -0.3 is 13.8 Å². The topological polar surface area (TPSA) is 90.9 Å². The number of Topliss-reactive ketones (excluding diaryl/α,β-unsaturated/α-hetero) is 1. The molecule has 0 spiro atoms. The Labute approximate surface area is 228 Å². The zero-order valence-electron chi connectivity index (χ0n) is 21.4. The summed E-state index contributed by atoms with van der Waals surface area (Å²) in [5.74, 6) is -1.02. The van der Waals surface area contributed by atoms with Crippen LogP contribution in [0.2, 0.25) is 0 Å². The molecule has 7 heteroatoms. The van der Waals surface area contributed by atoms with Gasteiger partial charge in [0.05, 0.1) is 23.0 Å². The second-order valence-electron chi connectivity index (χ2n) is 9.13. The van der Waals surface area contributed by atoms with Gasteiger partial charge in [0.15, 0.2) is 17.3 Å². The van der Waals surface area contributed by atoms with Crippen LogP contribution < -0.4 is 0 Å². The highest BCUT2D eigenvalue weighted by molar-refractivity contribution is 6.51. The minimum atomic E-state index is -0.654. The molecule has 2 heterocycles. The van der Waals surface area contributed by atoms with Crippen molar-refractivity contribution in [2.75, 3.05) is 0 Å². The largest absolute Gasteiger partial charge is 0.462 e. The molecule has 0 atom stereocenters. The van der Waals surface area contributed by atoms with E-state index in [2.05, 4.69) is 5.16 Å². The van der Waals surface area contributed by atoms with E-state index < -0.39 is 11.8 Å². The Bertz CT molecular complexity index is 1930. The lowest BCUT2D eigenvalue weighted by Crippen LogP contribution is -2.16. The minimum Gasteiger partial charge on any atom is -0.462 e. The van der Waals surface area contributed by atoms with Gasteiger partial charge in [-0.25, -0.2) is 4.79 Å². The van der Waals surface area contributed by atoms with E-state index in [1.54, 1.807) is 36.4 Å². The molecule has 0 radical (unpaired) electrons. The van der Waals surface area contributed by atoms with Crippen molar-refractivity contribution in [3.8, 4) is 5.69 Å². The van der Waals surface area contributed by atoms with Crippen molar-refractivity contribution >= 4 is 45.1 Å². The summed E-state index contributed by atoms with van der Waals surface area (Å²) in [5.41, 5.74) is 3.81. The molecule has 0 saturated heterocycles. The summed E-state index contributed by atoms with van der Waals surface area (Å²) in [5, 5.41) is 5.50. The van der Waals surface area contributed by atoms with Gasteiger partial charge in [-0.2, -0.15) is 0 Å². The molecule has 6 rings (SSSR count). The molecule has 0 aliphatic heterocycles. The number of ketones is 2. The van der Waals surface area contributed by atoms with E-state index in [1.165, 1.54) is 13.2 Å². The number of carbonyl (C=O) groups is 3. The fraction of sp³-hybridized carbons (Fsp3) is 0.0303. The fourth-order valence-corrected chi connectivity index (χ4v) is 4.84. The normalized spacial score (nSPS) is 11.6. The van der Waals surface area contributed by atoms with Gasteiger partial charge in [-0.3, -0.25) is 9.59 Å². The Hall–Kier alpha value is -5.56. The number of fused-ring (bicyclic) bond motifs is 3. The SMILES string of the molecule is CC(=O)ON=C(C(=O)c1ccc2c(c1)c1ccccc1n2-c1ccccc1C(=O)c1ccccc1)c1ccco1. The number of hydrogen-bond acceptors (Lipinski definition) is 6. The number of carbonyl (C=O) groups excluding carboxylic acids is 3. The van der Waals surface area contributed by atoms with Crippen LogP contribution in [0.15, 0.2) is 125 Å². The first kappa shape index (κ1) is 24.8. The second kappa shape index (κ2) is 10.3. The average Bonchev–Trinajstić information content (AvgIpc) is 3.63. The third-order valence-corrected chi connectivity index (χ3v) is 6.60. The van der Waals surface area contributed by atoms with Crippen LogP contribution in [0.3, 0.4) is 0 Å². The molecule has 2 aromatic heterocycles. The van der Waals surface area contributed by atoms with Gasteiger partial charge >= 0.3 is 5.97 Å². The highest BCUT2D eigenvalue weighted by Gasteiger charge is 2.23. The maximum absolute atomic E-state index is 13.6. The van der Waals surface area contributed by atoms with Crippen molar-refractivity contribution < 1.29 is 23.6 Å². The van der Waals surface area contributed by atoms with Crippen LogP contribution >= 0.6 is 0 Å². The van der Waals surface area contributed by atoms with Crippen molar-refractivity contribution in [3.05, 3.63) is 138 Å². The number of aromatic nitrogens is 1. The summed E-state index contributed by atoms with van der Waals surface area (Å²) >= 11 is 0. The standard InChI is InChI=1S/C33H22N2O5/c1-21(36)40-34-31(30-16-9-19-39-30)33(38)23-17-18-29-26(20-23)24-12-5-7-14-27(24)35(29)28-15-8-6-13-25(28)32(37)22-10-3-2-4-11-22/h2-20H,1H3. The van der Waals surface area contributed by atoms with Gasteiger partial charge in [-0.05, 0) is 48.5 Å². The van der Waals surface area contributed by atoms with Crippen LogP contribution in [-0.4, -0.2) is 27.8 Å². The average molecular weight is 527 g/mol. The molecule has 0 amide bonds. The van der Waals surface area contributed by atoms with Crippen LogP contribution in [0.1, 0.15) is 39.0 Å². The molecule has 6 aromatic rings. The van der Waals surface area contributed by atoms with Crippen molar-refractivity contribution in [3.63, 3.8) is 0 Å². The van der Waals surface area contributed by atoms with Crippen LogP contribution in [0.5, 0.6) is 0 Å². The third-order valence-electron chi connectivity index (χ3n) is 6.60. The maximum Gasteiger partial charge on any atom is 0.332 e. The van der Waals surface area contributed by atoms with Crippen molar-refractivity contribution in [1.29, 1.82) is 0 Å². The molecule has 40 heavy (non-hydrogen) atoms. The predicted octanol–water partition coefficient (Wildman–Crippen LogP) is 6.76. The number of oxime groups is 1. The molecule has 4 aromatic carbocycles. The number of hydrogen-bond donors (Lipinski definition) is 0. The highest BCUT2D eigenvalue weighted by atomic mass is 16.7. The molecular weight excluding hydrogens is 504 g/mol. The second-order valence-corrected chi connectivity index (χ2v) is 9.13. The Morgan fingerprint density at radius 3 is 2.23 bits per heavy atom. The molecule has 0 aliphatic rings. The monoisotopic (exact) mass is 526 g/mol. The van der Waals surface area contributed by atoms with E-state index >= 15 is 0 Å². The molecule has 0 bridgehead atoms. The third kappa shape index (κ3) is 4.39. The molecule has 7 nitrogen and oxygen atoms in total. The van der Waals surface area contributed by atoms with Crippen LogP contribution in [0, 0.1) is 0 Å². The number of benzene rings is 4. The van der Waals surface area contributed by atoms with Gasteiger partial charge in [0.2, 0.25) is 5.78 Å². The number of para-hydroxylation sites is 2. The minimum absolute atomic E-state index is 0.0845. The Balaban J connectivity index is 1.53. The Morgan fingerprint density at radius 2 is 1.45 bits per heavy atom. The number of rotatable bonds is 7. The van der Waals surface area contributed by atoms with Crippen LogP contribution in [0.4, 0.5) is 0 Å². The molecule has 0 aliphatic carbocycles. The lowest BCUT2D eigenvalue weighted by molar-refractivity contribution is -0.140. The predicted molar refractivity (Wildman–Crippen MR) is 152 cm³/mol. The molecule has 194 valence electrons. The van der Waals surface area contributed by atoms with Gasteiger partial charge in [0, 0.05) is 34.4 Å². The zero-order chi connectivity index (χ0) is 27.6. The number of nitrogens with zero attached hydrogens (tertiary/aromatic N) is 2. The van der Waals surface area contributed by atoms with Crippen LogP contribution in [0.25, 0.3) is 27.5 Å². The van der Waals surface area contributed by atoms with E-state index in [0.717, 1.165) is 27.5 Å². The summed E-state index contributed by atoms with van der Waals surface area (Å²) in [7, 11) is 0. The van der Waals surface area contributed by atoms with E-state index in [4.69, 9.17) is 9.25 Å². The summed E-state index contributed by atoms with van der Waals surface area (Å²) in [6.07, 6.45) is 1.41. The van der Waals surface area contributed by atoms with Crippen molar-refractivity contribution in [2.45, 2.75) is 6.92 Å². The van der Waals surface area contributed by atoms with Crippen molar-refractivity contribution in [1.82, 2.24) is 4.57 Å². The summed E-state index contributed by atoms with van der Waals surface area (Å²) in [4.78, 5) is 43.3. The Kier molecular flexibility index (Phi) is 6.38. The summed E-state index contributed by atoms with van der Waals surface area (Å²) in [6.45, 7) is 1.20. The molecule has 0 unspecified atom stereocenters. The van der Waals surface area contributed by atoms with E-state index in [-0.39, 0.29) is 17.3 Å². The van der Waals surface area contributed by atoms with E-state index in [9.17, 15) is 14.4 Å². The smallest absolute Gasteiger partial charge is 0.332 e.